The number of aliphatic hydroxyl groups excluding tert-OH is 1. The van der Waals surface area contributed by atoms with Crippen molar-refractivity contribution in [2.75, 3.05) is 43.7 Å². The molecule has 2 unspecified atom stereocenters. The number of nitrogens with two attached hydrogens (primary N) is 1. The summed E-state index contributed by atoms with van der Waals surface area (Å²) in [5, 5.41) is 13.5. The summed E-state index contributed by atoms with van der Waals surface area (Å²) in [4.78, 5) is 33.5. The zero-order valence-electron chi connectivity index (χ0n) is 34.7. The van der Waals surface area contributed by atoms with Gasteiger partial charge in [-0.15, -0.1) is 0 Å². The number of amidine groups is 1. The van der Waals surface area contributed by atoms with E-state index in [0.29, 0.717) is 12.3 Å². The predicted octanol–water partition coefficient (Wildman–Crippen LogP) is 6.73. The summed E-state index contributed by atoms with van der Waals surface area (Å²) >= 11 is 0. The topological polar surface area (TPSA) is 185 Å². The Hall–Kier alpha value is -1.86. The molecule has 0 aliphatic carbocycles. The molecule has 0 heterocycles. The molecular weight excluding hydrogens is 641 g/mol. The molecule has 0 bridgehead atoms. The number of aliphatic hydroxyl groups is 1. The summed E-state index contributed by atoms with van der Waals surface area (Å²) in [7, 11) is -3.23. The van der Waals surface area contributed by atoms with Gasteiger partial charge < -0.3 is 26.3 Å². The van der Waals surface area contributed by atoms with Crippen molar-refractivity contribution in [3.05, 3.63) is 0 Å². The maximum atomic E-state index is 10.0. The fourth-order valence-corrected chi connectivity index (χ4v) is 0.747. The van der Waals surface area contributed by atoms with E-state index in [4.69, 9.17) is 10.8 Å². The number of carbonyl (C=O) groups is 3. The second-order valence-corrected chi connectivity index (χ2v) is 13.2. The Morgan fingerprint density at radius 1 is 0.787 bits per heavy atom. The van der Waals surface area contributed by atoms with Gasteiger partial charge >= 0.3 is 0 Å². The molecule has 0 rings (SSSR count). The standard InChI is InChI=1S/C4H10N2.2C4H9NO.C4H10O.C4H8O.C3H8O2S.C3H8OS.2C3H8.C2H6/c1-3-6-4(2)5;2*1-3-5-4(2)6;2*1-3-4(2)5;1-3-6(2,4)5;1-3-5(2)4;2*1-3-2;1-2/h3H2,1-2H3,(H2,5,6);2*3H2,1-2H3,(H,5,6);4-5H,3H2,1-2H3;3H2,1-2H3;3H2,1-2H3;3H2,1-2H3;2*3H2,1-2H3;1-2H3. The summed E-state index contributed by atoms with van der Waals surface area (Å²) in [5.41, 5.74) is 5.15. The lowest BCUT2D eigenvalue weighted by atomic mass is 10.3. The molecule has 5 N–H and O–H groups in total. The van der Waals surface area contributed by atoms with Gasteiger partial charge in [0.25, 0.3) is 0 Å². The molecule has 0 fully saturated rings. The monoisotopic (exact) mass is 725 g/mol. The minimum absolute atomic E-state index is 0.0394. The van der Waals surface area contributed by atoms with Crippen molar-refractivity contribution in [3.63, 3.8) is 0 Å². The number of nitrogens with zero attached hydrogens (tertiary/aromatic N) is 1. The van der Waals surface area contributed by atoms with Gasteiger partial charge in [0, 0.05) is 74.7 Å². The zero-order chi connectivity index (χ0) is 40.4. The Balaban J connectivity index is -0.0000000410. The van der Waals surface area contributed by atoms with E-state index in [2.05, 4.69) is 43.3 Å². The number of aliphatic imine (C=N–C) groups is 1. The molecule has 0 saturated carbocycles. The Labute approximate surface area is 296 Å². The van der Waals surface area contributed by atoms with Gasteiger partial charge in [-0.2, -0.15) is 0 Å². The van der Waals surface area contributed by atoms with Crippen LogP contribution in [0.2, 0.25) is 0 Å². The van der Waals surface area contributed by atoms with E-state index in [1.807, 2.05) is 55.4 Å². The second-order valence-electron chi connectivity index (χ2n) is 9.09. The summed E-state index contributed by atoms with van der Waals surface area (Å²) in [6.45, 7) is 36.0. The molecule has 13 heteroatoms. The normalized spacial score (nSPS) is 9.85. The lowest BCUT2D eigenvalue weighted by molar-refractivity contribution is -0.119. The van der Waals surface area contributed by atoms with Gasteiger partial charge in [-0.25, -0.2) is 8.42 Å². The first kappa shape index (κ1) is 71.2. The molecule has 0 spiro atoms. The van der Waals surface area contributed by atoms with Gasteiger partial charge in [0.2, 0.25) is 11.8 Å². The van der Waals surface area contributed by atoms with Gasteiger partial charge in [-0.1, -0.05) is 82.1 Å². The lowest BCUT2D eigenvalue weighted by Gasteiger charge is -1.90. The molecule has 0 saturated heterocycles. The number of amides is 2. The Kier molecular flexibility index (Phi) is 107. The molecule has 0 aromatic carbocycles. The number of rotatable bonds is 7. The van der Waals surface area contributed by atoms with Gasteiger partial charge in [0.05, 0.1) is 11.9 Å². The minimum atomic E-state index is -2.66. The molecular formula is C34H84N4O7S2. The number of carbonyl (C=O) groups excluding carboxylic acids is 3. The van der Waals surface area contributed by atoms with Crippen LogP contribution in [-0.4, -0.2) is 90.9 Å². The van der Waals surface area contributed by atoms with Crippen molar-refractivity contribution in [1.29, 1.82) is 0 Å². The van der Waals surface area contributed by atoms with Crippen LogP contribution in [-0.2, 0) is 35.0 Å². The van der Waals surface area contributed by atoms with Crippen LogP contribution in [0.15, 0.2) is 4.99 Å². The Bertz CT molecular complexity index is 696. The van der Waals surface area contributed by atoms with Gasteiger partial charge in [0.15, 0.2) is 0 Å². The van der Waals surface area contributed by atoms with Gasteiger partial charge in [-0.05, 0) is 48.0 Å². The molecule has 0 aliphatic heterocycles. The number of hydrogen-bond acceptors (Lipinski definition) is 8. The molecule has 0 aliphatic rings. The summed E-state index contributed by atoms with van der Waals surface area (Å²) in [6, 6.07) is 0. The SMILES string of the molecule is CC.CCC.CCC.CCC(C)=O.CCC(C)O.CCN=C(C)N.CCNC(C)=O.CCNC(C)=O.CCS(C)(=O)=O.CCS(C)=O. The van der Waals surface area contributed by atoms with Crippen molar-refractivity contribution in [2.45, 2.75) is 156 Å². The van der Waals surface area contributed by atoms with Crippen molar-refractivity contribution in [3.8, 4) is 0 Å². The van der Waals surface area contributed by atoms with Crippen LogP contribution in [0.4, 0.5) is 0 Å². The Morgan fingerprint density at radius 3 is 1.00 bits per heavy atom. The van der Waals surface area contributed by atoms with Crippen LogP contribution in [0.3, 0.4) is 0 Å². The third-order valence-electron chi connectivity index (χ3n) is 3.28. The fraction of sp³-hybridized carbons (Fsp3) is 0.882. The van der Waals surface area contributed by atoms with Crippen LogP contribution in [0, 0.1) is 0 Å². The van der Waals surface area contributed by atoms with Crippen molar-refractivity contribution < 1.29 is 32.1 Å². The highest BCUT2D eigenvalue weighted by Gasteiger charge is 1.90. The molecule has 11 nitrogen and oxygen atoms in total. The molecule has 2 amide bonds. The predicted molar refractivity (Wildman–Crippen MR) is 213 cm³/mol. The van der Waals surface area contributed by atoms with Crippen molar-refractivity contribution in [2.24, 2.45) is 10.7 Å². The number of Topliss-reactive ketones (excluding diaryl/α,β-unsaturated/α-hetero) is 1. The fourth-order valence-electron chi connectivity index (χ4n) is 0.747. The zero-order valence-corrected chi connectivity index (χ0v) is 36.3. The molecule has 47 heavy (non-hydrogen) atoms. The first-order chi connectivity index (χ1) is 21.5. The van der Waals surface area contributed by atoms with E-state index in [9.17, 15) is 27.0 Å². The summed E-state index contributed by atoms with van der Waals surface area (Å²) in [5.74, 6) is 2.02. The number of nitrogens with one attached hydrogen (secondary N) is 2. The average Bonchev–Trinajstić information content (AvgIpc) is 2.96. The summed E-state index contributed by atoms with van der Waals surface area (Å²) < 4.78 is 29.9. The Morgan fingerprint density at radius 2 is 1.00 bits per heavy atom. The number of ketones is 1. The molecule has 294 valence electrons. The minimum Gasteiger partial charge on any atom is -0.393 e. The smallest absolute Gasteiger partial charge is 0.216 e. The molecule has 2 atom stereocenters. The number of sulfone groups is 1. The second kappa shape index (κ2) is 70.5. The van der Waals surface area contributed by atoms with E-state index in [1.165, 1.54) is 32.9 Å². The average molecular weight is 725 g/mol. The van der Waals surface area contributed by atoms with Crippen LogP contribution in [0.25, 0.3) is 0 Å². The van der Waals surface area contributed by atoms with Crippen molar-refractivity contribution >= 4 is 44.1 Å². The van der Waals surface area contributed by atoms with E-state index < -0.39 is 20.6 Å². The number of hydrogen-bond donors (Lipinski definition) is 4. The quantitative estimate of drug-likeness (QED) is 0.165. The molecule has 0 radical (unpaired) electrons. The maximum Gasteiger partial charge on any atom is 0.216 e. The van der Waals surface area contributed by atoms with E-state index in [-0.39, 0.29) is 29.5 Å². The van der Waals surface area contributed by atoms with Crippen LogP contribution < -0.4 is 16.4 Å². The largest absolute Gasteiger partial charge is 0.393 e. The third kappa shape index (κ3) is 301. The van der Waals surface area contributed by atoms with E-state index in [1.54, 1.807) is 34.0 Å². The van der Waals surface area contributed by atoms with Crippen LogP contribution >= 0.6 is 0 Å². The highest BCUT2D eigenvalue weighted by Crippen LogP contribution is 1.81. The molecule has 0 aromatic heterocycles. The van der Waals surface area contributed by atoms with E-state index in [0.717, 1.165) is 31.8 Å². The maximum absolute atomic E-state index is 10.0. The first-order valence-corrected chi connectivity index (χ1v) is 20.7. The van der Waals surface area contributed by atoms with Crippen LogP contribution in [0.5, 0.6) is 0 Å². The van der Waals surface area contributed by atoms with Gasteiger partial charge in [0.1, 0.15) is 15.6 Å². The summed E-state index contributed by atoms with van der Waals surface area (Å²) in [6.07, 6.45) is 6.82. The highest BCUT2D eigenvalue weighted by molar-refractivity contribution is 7.90. The first-order valence-electron chi connectivity index (χ1n) is 16.9. The highest BCUT2D eigenvalue weighted by atomic mass is 32.2. The van der Waals surface area contributed by atoms with Gasteiger partial charge in [-0.3, -0.25) is 18.8 Å². The molecule has 0 aromatic rings. The lowest BCUT2D eigenvalue weighted by Crippen LogP contribution is -2.18. The van der Waals surface area contributed by atoms with E-state index >= 15 is 0 Å². The third-order valence-corrected chi connectivity index (χ3v) is 5.14. The van der Waals surface area contributed by atoms with Crippen LogP contribution in [0.1, 0.15) is 150 Å². The van der Waals surface area contributed by atoms with Crippen molar-refractivity contribution in [1.82, 2.24) is 10.6 Å².